The molecule has 0 saturated carbocycles. The normalized spacial score (nSPS) is 23.8. The van der Waals surface area contributed by atoms with Crippen molar-refractivity contribution in [2.45, 2.75) is 38.3 Å². The molecule has 102 valence electrons. The molecule has 1 aliphatic heterocycles. The molecule has 1 fully saturated rings. The summed E-state index contributed by atoms with van der Waals surface area (Å²) in [6.07, 6.45) is 4.31. The highest BCUT2D eigenvalue weighted by Crippen LogP contribution is 2.17. The second-order valence-corrected chi connectivity index (χ2v) is 4.89. The van der Waals surface area contributed by atoms with E-state index in [1.54, 1.807) is 14.2 Å². The summed E-state index contributed by atoms with van der Waals surface area (Å²) in [5, 5.41) is 3.47. The Kier molecular flexibility index (Phi) is 7.77. The predicted molar refractivity (Wildman–Crippen MR) is 70.4 cm³/mol. The second-order valence-electron chi connectivity index (χ2n) is 4.89. The topological polar surface area (TPSA) is 33.7 Å². The van der Waals surface area contributed by atoms with Gasteiger partial charge < -0.3 is 14.8 Å². The molecule has 2 unspecified atom stereocenters. The van der Waals surface area contributed by atoms with E-state index >= 15 is 0 Å². The number of likely N-dealkylation sites (tertiary alicyclic amines) is 1. The lowest BCUT2D eigenvalue weighted by Crippen LogP contribution is -2.48. The lowest BCUT2D eigenvalue weighted by Gasteiger charge is -2.37. The fourth-order valence-corrected chi connectivity index (χ4v) is 2.38. The summed E-state index contributed by atoms with van der Waals surface area (Å²) >= 11 is 0. The molecule has 1 heterocycles. The van der Waals surface area contributed by atoms with E-state index in [1.807, 2.05) is 0 Å². The van der Waals surface area contributed by atoms with Crippen molar-refractivity contribution in [3.63, 3.8) is 0 Å². The first-order valence-electron chi connectivity index (χ1n) is 6.74. The highest BCUT2D eigenvalue weighted by Gasteiger charge is 2.23. The molecular formula is C13H28N2O2. The Balaban J connectivity index is 2.26. The van der Waals surface area contributed by atoms with Gasteiger partial charge in [0.1, 0.15) is 0 Å². The zero-order valence-electron chi connectivity index (χ0n) is 11.6. The fraction of sp³-hybridized carbons (Fsp3) is 1.00. The van der Waals surface area contributed by atoms with Crippen LogP contribution in [0.5, 0.6) is 0 Å². The number of piperidine rings is 1. The molecule has 0 aromatic heterocycles. The molecule has 0 aromatic carbocycles. The SMILES string of the molecule is COCCNCC1CCCCN1CC(C)OC. The van der Waals surface area contributed by atoms with Crippen LogP contribution in [0.15, 0.2) is 0 Å². The molecule has 4 nitrogen and oxygen atoms in total. The van der Waals surface area contributed by atoms with E-state index in [0.29, 0.717) is 12.1 Å². The Labute approximate surface area is 106 Å². The zero-order valence-corrected chi connectivity index (χ0v) is 11.6. The van der Waals surface area contributed by atoms with Crippen LogP contribution in [0.4, 0.5) is 0 Å². The van der Waals surface area contributed by atoms with Gasteiger partial charge in [-0.25, -0.2) is 0 Å². The minimum Gasteiger partial charge on any atom is -0.383 e. The van der Waals surface area contributed by atoms with E-state index in [-0.39, 0.29) is 0 Å². The van der Waals surface area contributed by atoms with Crippen molar-refractivity contribution in [1.82, 2.24) is 10.2 Å². The molecule has 0 amide bonds. The van der Waals surface area contributed by atoms with Crippen molar-refractivity contribution in [3.05, 3.63) is 0 Å². The second kappa shape index (κ2) is 8.86. The summed E-state index contributed by atoms with van der Waals surface area (Å²) in [6, 6.07) is 0.665. The Morgan fingerprint density at radius 3 is 2.88 bits per heavy atom. The predicted octanol–water partition coefficient (Wildman–Crippen LogP) is 1.11. The van der Waals surface area contributed by atoms with Crippen LogP contribution in [-0.4, -0.2) is 64.1 Å². The quantitative estimate of drug-likeness (QED) is 0.649. The number of hydrogen-bond donors (Lipinski definition) is 1. The van der Waals surface area contributed by atoms with Crippen molar-refractivity contribution >= 4 is 0 Å². The lowest BCUT2D eigenvalue weighted by molar-refractivity contribution is 0.0459. The number of hydrogen-bond acceptors (Lipinski definition) is 4. The monoisotopic (exact) mass is 244 g/mol. The number of methoxy groups -OCH3 is 2. The van der Waals surface area contributed by atoms with Gasteiger partial charge >= 0.3 is 0 Å². The van der Waals surface area contributed by atoms with E-state index in [4.69, 9.17) is 9.47 Å². The van der Waals surface area contributed by atoms with Gasteiger partial charge in [0.15, 0.2) is 0 Å². The summed E-state index contributed by atoms with van der Waals surface area (Å²) in [4.78, 5) is 2.57. The van der Waals surface area contributed by atoms with Crippen molar-refractivity contribution in [2.24, 2.45) is 0 Å². The molecule has 0 spiro atoms. The summed E-state index contributed by atoms with van der Waals surface area (Å²) in [6.45, 7) is 7.21. The molecule has 0 radical (unpaired) electrons. The minimum absolute atomic E-state index is 0.328. The van der Waals surface area contributed by atoms with Crippen LogP contribution in [0.25, 0.3) is 0 Å². The molecule has 1 saturated heterocycles. The molecule has 0 bridgehead atoms. The van der Waals surface area contributed by atoms with Crippen molar-refractivity contribution in [2.75, 3.05) is 47.0 Å². The first-order chi connectivity index (χ1) is 8.27. The summed E-state index contributed by atoms with van der Waals surface area (Å²) < 4.78 is 10.4. The molecule has 4 heteroatoms. The van der Waals surface area contributed by atoms with Gasteiger partial charge in [0.25, 0.3) is 0 Å². The number of nitrogens with zero attached hydrogens (tertiary/aromatic N) is 1. The van der Waals surface area contributed by atoms with E-state index in [2.05, 4.69) is 17.1 Å². The molecule has 17 heavy (non-hydrogen) atoms. The third-order valence-corrected chi connectivity index (χ3v) is 3.51. The van der Waals surface area contributed by atoms with Crippen molar-refractivity contribution in [1.29, 1.82) is 0 Å². The molecule has 0 aromatic rings. The maximum Gasteiger partial charge on any atom is 0.0670 e. The lowest BCUT2D eigenvalue weighted by atomic mass is 10.0. The first-order valence-corrected chi connectivity index (χ1v) is 6.74. The molecule has 1 N–H and O–H groups in total. The molecular weight excluding hydrogens is 216 g/mol. The van der Waals surface area contributed by atoms with Crippen LogP contribution < -0.4 is 5.32 Å². The number of ether oxygens (including phenoxy) is 2. The smallest absolute Gasteiger partial charge is 0.0670 e. The van der Waals surface area contributed by atoms with E-state index < -0.39 is 0 Å². The minimum atomic E-state index is 0.328. The molecule has 2 atom stereocenters. The van der Waals surface area contributed by atoms with Gasteiger partial charge in [-0.05, 0) is 26.3 Å². The Hall–Kier alpha value is -0.160. The average Bonchev–Trinajstić information content (AvgIpc) is 2.36. The Bertz CT molecular complexity index is 190. The summed E-state index contributed by atoms with van der Waals surface area (Å²) in [7, 11) is 3.54. The van der Waals surface area contributed by atoms with Crippen LogP contribution in [-0.2, 0) is 9.47 Å². The Morgan fingerprint density at radius 1 is 1.35 bits per heavy atom. The van der Waals surface area contributed by atoms with Crippen LogP contribution in [0.1, 0.15) is 26.2 Å². The zero-order chi connectivity index (χ0) is 12.5. The number of rotatable bonds is 8. The largest absolute Gasteiger partial charge is 0.383 e. The maximum atomic E-state index is 5.36. The maximum absolute atomic E-state index is 5.36. The van der Waals surface area contributed by atoms with Crippen LogP contribution in [0, 0.1) is 0 Å². The standard InChI is InChI=1S/C13H28N2O2/c1-12(17-3)11-15-8-5-4-6-13(15)10-14-7-9-16-2/h12-14H,4-11H2,1-3H3. The van der Waals surface area contributed by atoms with E-state index in [0.717, 1.165) is 26.2 Å². The molecule has 1 rings (SSSR count). The van der Waals surface area contributed by atoms with Crippen molar-refractivity contribution in [3.8, 4) is 0 Å². The third kappa shape index (κ3) is 5.82. The Morgan fingerprint density at radius 2 is 2.18 bits per heavy atom. The third-order valence-electron chi connectivity index (χ3n) is 3.51. The van der Waals surface area contributed by atoms with E-state index in [1.165, 1.54) is 25.8 Å². The van der Waals surface area contributed by atoms with Gasteiger partial charge in [-0.1, -0.05) is 6.42 Å². The van der Waals surface area contributed by atoms with Crippen LogP contribution in [0.3, 0.4) is 0 Å². The van der Waals surface area contributed by atoms with Gasteiger partial charge in [0, 0.05) is 39.9 Å². The molecule has 1 aliphatic rings. The van der Waals surface area contributed by atoms with Crippen LogP contribution in [0.2, 0.25) is 0 Å². The molecule has 0 aliphatic carbocycles. The van der Waals surface area contributed by atoms with Crippen molar-refractivity contribution < 1.29 is 9.47 Å². The first kappa shape index (κ1) is 14.9. The van der Waals surface area contributed by atoms with Gasteiger partial charge in [0.05, 0.1) is 12.7 Å². The fourth-order valence-electron chi connectivity index (χ4n) is 2.38. The van der Waals surface area contributed by atoms with Gasteiger partial charge in [-0.2, -0.15) is 0 Å². The average molecular weight is 244 g/mol. The van der Waals surface area contributed by atoms with Gasteiger partial charge in [-0.3, -0.25) is 4.90 Å². The van der Waals surface area contributed by atoms with E-state index in [9.17, 15) is 0 Å². The number of nitrogens with one attached hydrogen (secondary N) is 1. The highest BCUT2D eigenvalue weighted by molar-refractivity contribution is 4.80. The summed E-state index contributed by atoms with van der Waals surface area (Å²) in [5.41, 5.74) is 0. The van der Waals surface area contributed by atoms with Crippen LogP contribution >= 0.6 is 0 Å². The van der Waals surface area contributed by atoms with Gasteiger partial charge in [-0.15, -0.1) is 0 Å². The summed E-state index contributed by atoms with van der Waals surface area (Å²) in [5.74, 6) is 0. The highest BCUT2D eigenvalue weighted by atomic mass is 16.5. The van der Waals surface area contributed by atoms with Gasteiger partial charge in [0.2, 0.25) is 0 Å².